The lowest BCUT2D eigenvalue weighted by atomic mass is 9.91. The summed E-state index contributed by atoms with van der Waals surface area (Å²) in [6.07, 6.45) is 0.363. The van der Waals surface area contributed by atoms with Crippen molar-refractivity contribution in [1.29, 1.82) is 0 Å². The van der Waals surface area contributed by atoms with E-state index in [9.17, 15) is 9.59 Å². The molecule has 3 aromatic carbocycles. The molecule has 0 spiro atoms. The molecule has 0 fully saturated rings. The van der Waals surface area contributed by atoms with E-state index in [-0.39, 0.29) is 5.92 Å². The number of hydrogen-bond acceptors (Lipinski definition) is 3. The lowest BCUT2D eigenvalue weighted by Gasteiger charge is -2.21. The number of rotatable bonds is 8. The predicted octanol–water partition coefficient (Wildman–Crippen LogP) is 3.90. The number of methoxy groups -OCH3 is 1. The molecule has 0 aromatic heterocycles. The van der Waals surface area contributed by atoms with Crippen LogP contribution in [0.2, 0.25) is 0 Å². The largest absolute Gasteiger partial charge is 0.467 e. The van der Waals surface area contributed by atoms with Crippen LogP contribution in [0.3, 0.4) is 0 Å². The maximum atomic E-state index is 12.6. The first-order valence-corrected chi connectivity index (χ1v) is 9.93. The van der Waals surface area contributed by atoms with Crippen LogP contribution in [0.4, 0.5) is 4.79 Å². The van der Waals surface area contributed by atoms with Gasteiger partial charge in [-0.15, -0.1) is 0 Å². The monoisotopic (exact) mass is 402 g/mol. The number of carbonyl (C=O) groups is 2. The molecule has 0 aliphatic heterocycles. The van der Waals surface area contributed by atoms with E-state index in [2.05, 4.69) is 10.6 Å². The van der Waals surface area contributed by atoms with Crippen LogP contribution < -0.4 is 10.6 Å². The predicted molar refractivity (Wildman–Crippen MR) is 117 cm³/mol. The van der Waals surface area contributed by atoms with Crippen molar-refractivity contribution in [1.82, 2.24) is 10.6 Å². The quantitative estimate of drug-likeness (QED) is 0.562. The zero-order valence-electron chi connectivity index (χ0n) is 17.0. The van der Waals surface area contributed by atoms with Crippen LogP contribution >= 0.6 is 0 Å². The second-order valence-corrected chi connectivity index (χ2v) is 6.99. The Morgan fingerprint density at radius 2 is 1.30 bits per heavy atom. The van der Waals surface area contributed by atoms with Gasteiger partial charge in [-0.2, -0.15) is 0 Å². The molecular weight excluding hydrogens is 376 g/mol. The fraction of sp³-hybridized carbons (Fsp3) is 0.200. The lowest BCUT2D eigenvalue weighted by Crippen LogP contribution is -2.48. The number of amides is 2. The molecule has 0 bridgehead atoms. The third-order valence-electron chi connectivity index (χ3n) is 4.94. The Hall–Kier alpha value is -3.60. The van der Waals surface area contributed by atoms with Gasteiger partial charge in [0.25, 0.3) is 0 Å². The van der Waals surface area contributed by atoms with Crippen molar-refractivity contribution >= 4 is 12.0 Å². The van der Waals surface area contributed by atoms with Crippen molar-refractivity contribution in [3.8, 4) is 0 Å². The van der Waals surface area contributed by atoms with E-state index in [4.69, 9.17) is 4.74 Å². The van der Waals surface area contributed by atoms with Gasteiger partial charge in [-0.05, 0) is 16.7 Å². The SMILES string of the molecule is COC(=O)[C@@H](Cc1ccccc1)NC(=O)NCC(c1ccccc1)c1ccccc1. The first-order chi connectivity index (χ1) is 14.7. The zero-order chi connectivity index (χ0) is 21.2. The highest BCUT2D eigenvalue weighted by Gasteiger charge is 2.23. The van der Waals surface area contributed by atoms with Crippen molar-refractivity contribution in [2.24, 2.45) is 0 Å². The minimum Gasteiger partial charge on any atom is -0.467 e. The summed E-state index contributed by atoms with van der Waals surface area (Å²) in [5, 5.41) is 5.67. The highest BCUT2D eigenvalue weighted by atomic mass is 16.5. The molecule has 154 valence electrons. The van der Waals surface area contributed by atoms with Crippen LogP contribution in [-0.2, 0) is 16.0 Å². The Morgan fingerprint density at radius 1 is 0.800 bits per heavy atom. The summed E-state index contributed by atoms with van der Waals surface area (Å²) in [4.78, 5) is 24.8. The molecule has 0 aliphatic rings. The molecule has 1 atom stereocenters. The van der Waals surface area contributed by atoms with Crippen molar-refractivity contribution in [3.05, 3.63) is 108 Å². The number of hydrogen-bond donors (Lipinski definition) is 2. The van der Waals surface area contributed by atoms with Crippen LogP contribution in [0, 0.1) is 0 Å². The Balaban J connectivity index is 1.67. The summed E-state index contributed by atoms with van der Waals surface area (Å²) in [6.45, 7) is 0.402. The summed E-state index contributed by atoms with van der Waals surface area (Å²) in [6, 6.07) is 28.4. The van der Waals surface area contributed by atoms with E-state index >= 15 is 0 Å². The summed E-state index contributed by atoms with van der Waals surface area (Å²) in [7, 11) is 1.32. The first kappa shape index (κ1) is 21.1. The molecular formula is C25H26N2O3. The van der Waals surface area contributed by atoms with Crippen molar-refractivity contribution in [2.45, 2.75) is 18.4 Å². The van der Waals surface area contributed by atoms with Gasteiger partial charge >= 0.3 is 12.0 Å². The molecule has 2 N–H and O–H groups in total. The minimum atomic E-state index is -0.760. The van der Waals surface area contributed by atoms with Gasteiger partial charge in [0.1, 0.15) is 6.04 Å². The minimum absolute atomic E-state index is 0.00356. The van der Waals surface area contributed by atoms with Crippen molar-refractivity contribution in [3.63, 3.8) is 0 Å². The van der Waals surface area contributed by atoms with E-state index in [1.807, 2.05) is 91.0 Å². The van der Waals surface area contributed by atoms with Gasteiger partial charge in [0.15, 0.2) is 0 Å². The molecule has 0 saturated carbocycles. The lowest BCUT2D eigenvalue weighted by molar-refractivity contribution is -0.142. The number of carbonyl (C=O) groups excluding carboxylic acids is 2. The van der Waals surface area contributed by atoms with Crippen LogP contribution in [-0.4, -0.2) is 31.7 Å². The highest BCUT2D eigenvalue weighted by Crippen LogP contribution is 2.23. The summed E-state index contributed by atoms with van der Waals surface area (Å²) < 4.78 is 4.87. The van der Waals surface area contributed by atoms with Gasteiger partial charge < -0.3 is 15.4 Å². The summed E-state index contributed by atoms with van der Waals surface area (Å²) in [5.74, 6) is -0.472. The van der Waals surface area contributed by atoms with Gasteiger partial charge in [-0.1, -0.05) is 91.0 Å². The van der Waals surface area contributed by atoms with E-state index in [1.165, 1.54) is 7.11 Å². The summed E-state index contributed by atoms with van der Waals surface area (Å²) in [5.41, 5.74) is 3.16. The number of nitrogens with one attached hydrogen (secondary N) is 2. The maximum absolute atomic E-state index is 12.6. The molecule has 3 rings (SSSR count). The standard InChI is InChI=1S/C25H26N2O3/c1-30-24(28)23(17-19-11-5-2-6-12-19)27-25(29)26-18-22(20-13-7-3-8-14-20)21-15-9-4-10-16-21/h2-16,22-23H,17-18H2,1H3,(H2,26,27,29)/t23-/m1/s1. The first-order valence-electron chi connectivity index (χ1n) is 9.93. The molecule has 0 saturated heterocycles. The van der Waals surface area contributed by atoms with Crippen LogP contribution in [0.5, 0.6) is 0 Å². The average molecular weight is 402 g/mol. The average Bonchev–Trinajstić information content (AvgIpc) is 2.80. The topological polar surface area (TPSA) is 67.4 Å². The second kappa shape index (κ2) is 10.8. The molecule has 30 heavy (non-hydrogen) atoms. The van der Waals surface area contributed by atoms with Crippen molar-refractivity contribution in [2.75, 3.05) is 13.7 Å². The smallest absolute Gasteiger partial charge is 0.328 e. The van der Waals surface area contributed by atoms with E-state index < -0.39 is 18.0 Å². The number of urea groups is 1. The molecule has 3 aromatic rings. The van der Waals surface area contributed by atoms with Gasteiger partial charge in [-0.3, -0.25) is 0 Å². The van der Waals surface area contributed by atoms with Crippen LogP contribution in [0.15, 0.2) is 91.0 Å². The number of esters is 1. The second-order valence-electron chi connectivity index (χ2n) is 6.99. The number of benzene rings is 3. The van der Waals surface area contributed by atoms with E-state index in [0.717, 1.165) is 16.7 Å². The fourth-order valence-corrected chi connectivity index (χ4v) is 3.39. The molecule has 5 heteroatoms. The Kier molecular flexibility index (Phi) is 7.61. The Labute approximate surface area is 177 Å². The van der Waals surface area contributed by atoms with Gasteiger partial charge in [0.2, 0.25) is 0 Å². The zero-order valence-corrected chi connectivity index (χ0v) is 17.0. The van der Waals surface area contributed by atoms with Crippen LogP contribution in [0.1, 0.15) is 22.6 Å². The van der Waals surface area contributed by atoms with Crippen LogP contribution in [0.25, 0.3) is 0 Å². The molecule has 5 nitrogen and oxygen atoms in total. The van der Waals surface area contributed by atoms with Crippen molar-refractivity contribution < 1.29 is 14.3 Å². The van der Waals surface area contributed by atoms with E-state index in [0.29, 0.717) is 13.0 Å². The molecule has 0 radical (unpaired) electrons. The van der Waals surface area contributed by atoms with Gasteiger partial charge in [0, 0.05) is 18.9 Å². The van der Waals surface area contributed by atoms with Gasteiger partial charge in [0.05, 0.1) is 7.11 Å². The molecule has 0 aliphatic carbocycles. The Bertz CT molecular complexity index is 891. The normalized spacial score (nSPS) is 11.5. The van der Waals surface area contributed by atoms with Gasteiger partial charge in [-0.25, -0.2) is 9.59 Å². The maximum Gasteiger partial charge on any atom is 0.328 e. The molecule has 0 unspecified atom stereocenters. The third-order valence-corrected chi connectivity index (χ3v) is 4.94. The third kappa shape index (κ3) is 5.95. The Morgan fingerprint density at radius 3 is 1.80 bits per heavy atom. The molecule has 2 amide bonds. The highest BCUT2D eigenvalue weighted by molar-refractivity contribution is 5.83. The van der Waals surface area contributed by atoms with E-state index in [1.54, 1.807) is 0 Å². The summed E-state index contributed by atoms with van der Waals surface area (Å²) >= 11 is 0. The number of ether oxygens (including phenoxy) is 1. The molecule has 0 heterocycles. The fourth-order valence-electron chi connectivity index (χ4n) is 3.39.